The molecule has 104 valence electrons. The normalized spacial score (nSPS) is 35.3. The molecule has 0 aromatic rings. The van der Waals surface area contributed by atoms with Crippen molar-refractivity contribution >= 4 is 0 Å². The summed E-state index contributed by atoms with van der Waals surface area (Å²) in [5.74, 6) is 0. The zero-order chi connectivity index (χ0) is 12.6. The summed E-state index contributed by atoms with van der Waals surface area (Å²) in [6, 6.07) is 1.69. The van der Waals surface area contributed by atoms with Gasteiger partial charge in [-0.25, -0.2) is 0 Å². The molecule has 0 aromatic heterocycles. The van der Waals surface area contributed by atoms with Crippen LogP contribution in [0.1, 0.15) is 46.0 Å². The van der Waals surface area contributed by atoms with Crippen LogP contribution < -0.4 is 5.32 Å². The molecule has 0 aromatic carbocycles. The molecule has 3 fully saturated rings. The minimum atomic E-state index is 0.421. The molecule has 0 radical (unpaired) electrons. The summed E-state index contributed by atoms with van der Waals surface area (Å²) < 4.78 is 0. The molecule has 3 nitrogen and oxygen atoms in total. The SMILES string of the molecule is CC1(C)CC(N2CCNCC2)CN1C1CCCC1. The standard InChI is InChI=1S/C15H29N3/c1-15(2)11-14(17-9-7-16-8-10-17)12-18(15)13-5-3-4-6-13/h13-14,16H,3-12H2,1-2H3. The first kappa shape index (κ1) is 12.9. The van der Waals surface area contributed by atoms with Gasteiger partial charge < -0.3 is 5.32 Å². The second-order valence-electron chi connectivity index (χ2n) is 7.05. The van der Waals surface area contributed by atoms with Crippen molar-refractivity contribution in [1.29, 1.82) is 0 Å². The Hall–Kier alpha value is -0.120. The van der Waals surface area contributed by atoms with E-state index in [2.05, 4.69) is 29.0 Å². The van der Waals surface area contributed by atoms with Gasteiger partial charge in [-0.3, -0.25) is 9.80 Å². The fourth-order valence-electron chi connectivity index (χ4n) is 4.38. The minimum Gasteiger partial charge on any atom is -0.314 e. The van der Waals surface area contributed by atoms with Crippen LogP contribution in [0.25, 0.3) is 0 Å². The van der Waals surface area contributed by atoms with E-state index in [1.165, 1.54) is 64.8 Å². The Morgan fingerprint density at radius 1 is 1.00 bits per heavy atom. The molecule has 2 heterocycles. The van der Waals surface area contributed by atoms with E-state index in [0.29, 0.717) is 5.54 Å². The van der Waals surface area contributed by atoms with E-state index in [0.717, 1.165) is 12.1 Å². The molecule has 3 heteroatoms. The lowest BCUT2D eigenvalue weighted by Gasteiger charge is -2.36. The summed E-state index contributed by atoms with van der Waals surface area (Å²) >= 11 is 0. The van der Waals surface area contributed by atoms with Crippen LogP contribution in [0.15, 0.2) is 0 Å². The predicted octanol–water partition coefficient (Wildman–Crippen LogP) is 1.69. The maximum atomic E-state index is 3.47. The smallest absolute Gasteiger partial charge is 0.0241 e. The Bertz CT molecular complexity index is 277. The molecule has 0 bridgehead atoms. The van der Waals surface area contributed by atoms with Gasteiger partial charge in [0.05, 0.1) is 0 Å². The highest BCUT2D eigenvalue weighted by molar-refractivity contribution is 5.01. The van der Waals surface area contributed by atoms with Crippen LogP contribution in [0.4, 0.5) is 0 Å². The van der Waals surface area contributed by atoms with Gasteiger partial charge in [-0.15, -0.1) is 0 Å². The Balaban J connectivity index is 1.65. The Morgan fingerprint density at radius 3 is 2.33 bits per heavy atom. The lowest BCUT2D eigenvalue weighted by atomic mass is 9.98. The Morgan fingerprint density at radius 2 is 1.67 bits per heavy atom. The van der Waals surface area contributed by atoms with Crippen LogP contribution in [0.2, 0.25) is 0 Å². The highest BCUT2D eigenvalue weighted by Gasteiger charge is 2.44. The fourth-order valence-corrected chi connectivity index (χ4v) is 4.38. The molecule has 2 aliphatic heterocycles. The number of nitrogens with zero attached hydrogens (tertiary/aromatic N) is 2. The molecule has 1 saturated carbocycles. The van der Waals surface area contributed by atoms with Crippen LogP contribution in [-0.4, -0.2) is 60.1 Å². The molecule has 3 aliphatic rings. The quantitative estimate of drug-likeness (QED) is 0.806. The van der Waals surface area contributed by atoms with Crippen LogP contribution in [-0.2, 0) is 0 Å². The Labute approximate surface area is 112 Å². The van der Waals surface area contributed by atoms with Crippen molar-refractivity contribution in [3.63, 3.8) is 0 Å². The average molecular weight is 251 g/mol. The molecule has 3 rings (SSSR count). The summed E-state index contributed by atoms with van der Waals surface area (Å²) in [5, 5.41) is 3.47. The summed E-state index contributed by atoms with van der Waals surface area (Å²) in [7, 11) is 0. The summed E-state index contributed by atoms with van der Waals surface area (Å²) in [6.07, 6.45) is 7.16. The molecule has 1 unspecified atom stereocenters. The van der Waals surface area contributed by atoms with Crippen molar-refractivity contribution in [2.75, 3.05) is 32.7 Å². The van der Waals surface area contributed by atoms with Gasteiger partial charge >= 0.3 is 0 Å². The first-order valence-corrected chi connectivity index (χ1v) is 7.88. The van der Waals surface area contributed by atoms with Crippen molar-refractivity contribution in [2.45, 2.75) is 63.6 Å². The highest BCUT2D eigenvalue weighted by Crippen LogP contribution is 2.37. The van der Waals surface area contributed by atoms with E-state index in [1.807, 2.05) is 0 Å². The van der Waals surface area contributed by atoms with Crippen molar-refractivity contribution in [1.82, 2.24) is 15.1 Å². The van der Waals surface area contributed by atoms with Crippen molar-refractivity contribution in [3.05, 3.63) is 0 Å². The van der Waals surface area contributed by atoms with Crippen LogP contribution in [0.3, 0.4) is 0 Å². The zero-order valence-corrected chi connectivity index (χ0v) is 12.1. The predicted molar refractivity (Wildman–Crippen MR) is 75.9 cm³/mol. The number of rotatable bonds is 2. The van der Waals surface area contributed by atoms with Gasteiger partial charge in [0, 0.05) is 50.3 Å². The molecule has 18 heavy (non-hydrogen) atoms. The van der Waals surface area contributed by atoms with Crippen LogP contribution >= 0.6 is 0 Å². The van der Waals surface area contributed by atoms with E-state index in [-0.39, 0.29) is 0 Å². The Kier molecular flexibility index (Phi) is 3.65. The van der Waals surface area contributed by atoms with Crippen molar-refractivity contribution in [2.24, 2.45) is 0 Å². The van der Waals surface area contributed by atoms with Gasteiger partial charge in [-0.1, -0.05) is 12.8 Å². The zero-order valence-electron chi connectivity index (χ0n) is 12.1. The van der Waals surface area contributed by atoms with E-state index < -0.39 is 0 Å². The van der Waals surface area contributed by atoms with Gasteiger partial charge in [-0.05, 0) is 33.1 Å². The maximum absolute atomic E-state index is 3.47. The lowest BCUT2D eigenvalue weighted by Crippen LogP contribution is -2.49. The summed E-state index contributed by atoms with van der Waals surface area (Å²) in [6.45, 7) is 11.1. The number of nitrogens with one attached hydrogen (secondary N) is 1. The van der Waals surface area contributed by atoms with Crippen molar-refractivity contribution < 1.29 is 0 Å². The van der Waals surface area contributed by atoms with Gasteiger partial charge in [0.25, 0.3) is 0 Å². The van der Waals surface area contributed by atoms with E-state index >= 15 is 0 Å². The second-order valence-corrected chi connectivity index (χ2v) is 7.05. The fraction of sp³-hybridized carbons (Fsp3) is 1.00. The first-order chi connectivity index (χ1) is 8.67. The lowest BCUT2D eigenvalue weighted by molar-refractivity contribution is 0.113. The monoisotopic (exact) mass is 251 g/mol. The number of hydrogen-bond donors (Lipinski definition) is 1. The van der Waals surface area contributed by atoms with Crippen LogP contribution in [0, 0.1) is 0 Å². The maximum Gasteiger partial charge on any atom is 0.0241 e. The molecule has 2 saturated heterocycles. The molecule has 0 spiro atoms. The number of hydrogen-bond acceptors (Lipinski definition) is 3. The molecular weight excluding hydrogens is 222 g/mol. The minimum absolute atomic E-state index is 0.421. The number of likely N-dealkylation sites (tertiary alicyclic amines) is 1. The topological polar surface area (TPSA) is 18.5 Å². The molecule has 1 atom stereocenters. The summed E-state index contributed by atoms with van der Waals surface area (Å²) in [5.41, 5.74) is 0.421. The first-order valence-electron chi connectivity index (χ1n) is 7.88. The molecule has 1 N–H and O–H groups in total. The van der Waals surface area contributed by atoms with Gasteiger partial charge in [0.2, 0.25) is 0 Å². The van der Waals surface area contributed by atoms with E-state index in [1.54, 1.807) is 0 Å². The third kappa shape index (κ3) is 2.45. The van der Waals surface area contributed by atoms with Gasteiger partial charge in [-0.2, -0.15) is 0 Å². The van der Waals surface area contributed by atoms with E-state index in [9.17, 15) is 0 Å². The largest absolute Gasteiger partial charge is 0.314 e. The van der Waals surface area contributed by atoms with Gasteiger partial charge in [0.15, 0.2) is 0 Å². The average Bonchev–Trinajstić information content (AvgIpc) is 2.97. The van der Waals surface area contributed by atoms with Crippen LogP contribution in [0.5, 0.6) is 0 Å². The second kappa shape index (κ2) is 5.10. The van der Waals surface area contributed by atoms with Gasteiger partial charge in [0.1, 0.15) is 0 Å². The van der Waals surface area contributed by atoms with E-state index in [4.69, 9.17) is 0 Å². The third-order valence-electron chi connectivity index (χ3n) is 5.35. The number of piperazine rings is 1. The van der Waals surface area contributed by atoms with Crippen molar-refractivity contribution in [3.8, 4) is 0 Å². The molecular formula is C15H29N3. The molecule has 1 aliphatic carbocycles. The molecule has 0 amide bonds. The third-order valence-corrected chi connectivity index (χ3v) is 5.35. The highest BCUT2D eigenvalue weighted by atomic mass is 15.3. The summed E-state index contributed by atoms with van der Waals surface area (Å²) in [4.78, 5) is 5.57.